The third-order valence-electron chi connectivity index (χ3n) is 9.17. The molecule has 0 aliphatic heterocycles. The van der Waals surface area contributed by atoms with Crippen LogP contribution in [0.2, 0.25) is 0 Å². The van der Waals surface area contributed by atoms with Gasteiger partial charge in [-0.2, -0.15) is 0 Å². The largest absolute Gasteiger partial charge is 0.462 e. The zero-order chi connectivity index (χ0) is 26.0. The number of allylic oxidation sites excluding steroid dienone is 4. The van der Waals surface area contributed by atoms with Gasteiger partial charge in [0.25, 0.3) is 0 Å². The lowest BCUT2D eigenvalue weighted by Crippen LogP contribution is -2.36. The molecule has 3 rings (SSSR count). The van der Waals surface area contributed by atoms with E-state index < -0.39 is 0 Å². The minimum Gasteiger partial charge on any atom is -0.462 e. The Bertz CT molecular complexity index is 740. The molecule has 3 aliphatic rings. The number of rotatable bonds is 8. The van der Waals surface area contributed by atoms with E-state index in [4.69, 9.17) is 4.74 Å². The highest BCUT2D eigenvalue weighted by molar-refractivity contribution is 5.66. The Kier molecular flexibility index (Phi) is 12.3. The lowest BCUT2D eigenvalue weighted by Gasteiger charge is -2.44. The van der Waals surface area contributed by atoms with Gasteiger partial charge < -0.3 is 4.74 Å². The second kappa shape index (κ2) is 14.4. The van der Waals surface area contributed by atoms with E-state index in [2.05, 4.69) is 60.3 Å². The van der Waals surface area contributed by atoms with Crippen molar-refractivity contribution < 1.29 is 9.53 Å². The molecule has 3 saturated carbocycles. The highest BCUT2D eigenvalue weighted by atomic mass is 16.5. The van der Waals surface area contributed by atoms with Gasteiger partial charge in [-0.05, 0) is 79.6 Å². The Hall–Kier alpha value is -1.31. The average Bonchev–Trinajstić information content (AvgIpc) is 3.16. The van der Waals surface area contributed by atoms with Gasteiger partial charge in [0.1, 0.15) is 6.10 Å². The minimum atomic E-state index is -0.169. The zero-order valence-corrected chi connectivity index (χ0v) is 24.3. The summed E-state index contributed by atoms with van der Waals surface area (Å²) in [5.41, 5.74) is 4.65. The molecule has 0 heterocycles. The predicted octanol–water partition coefficient (Wildman–Crippen LogP) is 10.00. The summed E-state index contributed by atoms with van der Waals surface area (Å²) in [4.78, 5) is 11.4. The van der Waals surface area contributed by atoms with Crippen LogP contribution < -0.4 is 0 Å². The minimum absolute atomic E-state index is 0.0202. The van der Waals surface area contributed by atoms with E-state index in [-0.39, 0.29) is 12.1 Å². The van der Waals surface area contributed by atoms with E-state index in [0.29, 0.717) is 5.41 Å². The van der Waals surface area contributed by atoms with Crippen LogP contribution in [0.1, 0.15) is 132 Å². The molecule has 200 valence electrons. The average molecular weight is 485 g/mol. The first kappa shape index (κ1) is 29.9. The second-order valence-corrected chi connectivity index (χ2v) is 12.4. The van der Waals surface area contributed by atoms with E-state index >= 15 is 0 Å². The van der Waals surface area contributed by atoms with Crippen molar-refractivity contribution in [3.8, 4) is 0 Å². The molecule has 0 N–H and O–H groups in total. The number of ether oxygens (including phenoxy) is 1. The molecule has 0 aromatic carbocycles. The quantitative estimate of drug-likeness (QED) is 0.320. The number of esters is 1. The Morgan fingerprint density at radius 2 is 1.80 bits per heavy atom. The summed E-state index contributed by atoms with van der Waals surface area (Å²) in [6.07, 6.45) is 21.0. The molecule has 2 nitrogen and oxygen atoms in total. The third kappa shape index (κ3) is 8.64. The van der Waals surface area contributed by atoms with Gasteiger partial charge in [-0.3, -0.25) is 4.79 Å². The molecule has 0 aromatic rings. The summed E-state index contributed by atoms with van der Waals surface area (Å²) in [6.45, 7) is 20.0. The fraction of sp³-hybridized carbons (Fsp3) is 0.788. The van der Waals surface area contributed by atoms with Crippen molar-refractivity contribution in [2.75, 3.05) is 0 Å². The maximum atomic E-state index is 11.4. The van der Waals surface area contributed by atoms with Crippen molar-refractivity contribution in [2.45, 2.75) is 138 Å². The number of hydrogen-bond acceptors (Lipinski definition) is 2. The molecule has 0 saturated heterocycles. The lowest BCUT2D eigenvalue weighted by molar-refractivity contribution is -0.146. The maximum Gasteiger partial charge on any atom is 0.302 e. The smallest absolute Gasteiger partial charge is 0.302 e. The van der Waals surface area contributed by atoms with E-state index in [9.17, 15) is 4.79 Å². The maximum absolute atomic E-state index is 11.4. The highest BCUT2D eigenvalue weighted by Crippen LogP contribution is 2.60. The van der Waals surface area contributed by atoms with E-state index in [1.165, 1.54) is 82.3 Å². The third-order valence-corrected chi connectivity index (χ3v) is 9.17. The van der Waals surface area contributed by atoms with Crippen molar-refractivity contribution in [1.29, 1.82) is 0 Å². The summed E-state index contributed by atoms with van der Waals surface area (Å²) in [6, 6.07) is 0. The van der Waals surface area contributed by atoms with Crippen LogP contribution in [0.5, 0.6) is 0 Å². The summed E-state index contributed by atoms with van der Waals surface area (Å²) in [7, 11) is 0. The first-order chi connectivity index (χ1) is 16.6. The van der Waals surface area contributed by atoms with Crippen LogP contribution in [0.4, 0.5) is 0 Å². The Morgan fingerprint density at radius 1 is 1.09 bits per heavy atom. The van der Waals surface area contributed by atoms with Crippen molar-refractivity contribution >= 4 is 5.97 Å². The normalized spacial score (nSPS) is 31.8. The monoisotopic (exact) mass is 484 g/mol. The van der Waals surface area contributed by atoms with Gasteiger partial charge >= 0.3 is 5.97 Å². The van der Waals surface area contributed by atoms with Crippen molar-refractivity contribution in [3.05, 3.63) is 35.5 Å². The number of fused-ring (bicyclic) bond motifs is 1. The SMILES string of the molecule is C=C1CC[C@H](OC(C)=O)C/C1=C/C=C1\CCC[C@]2(C)C(C(C)CCCC(C)C)CC[C@@H]12.CCCC. The fourth-order valence-electron chi connectivity index (χ4n) is 6.98. The highest BCUT2D eigenvalue weighted by Gasteiger charge is 2.50. The standard InChI is InChI=1S/C29H46O2.C4H10/c1-20(2)9-7-10-22(4)27-16-17-28-24(11-8-18-29(27,28)6)13-14-25-19-26(31-23(5)30)15-12-21(25)3;1-3-4-2/h13-14,20,22,26-28H,3,7-12,15-19H2,1-2,4-6H3;3-4H2,1-2H3/b24-13+,25-14-;/t22?,26-,27?,28-,29+;/m0./s1. The molecular weight excluding hydrogens is 428 g/mol. The van der Waals surface area contributed by atoms with Crippen LogP contribution in [0, 0.1) is 29.1 Å². The summed E-state index contributed by atoms with van der Waals surface area (Å²) >= 11 is 0. The van der Waals surface area contributed by atoms with E-state index in [0.717, 1.165) is 42.9 Å². The van der Waals surface area contributed by atoms with Gasteiger partial charge in [-0.15, -0.1) is 0 Å². The van der Waals surface area contributed by atoms with Crippen molar-refractivity contribution in [1.82, 2.24) is 0 Å². The van der Waals surface area contributed by atoms with Gasteiger partial charge in [0.15, 0.2) is 0 Å². The molecule has 35 heavy (non-hydrogen) atoms. The van der Waals surface area contributed by atoms with Gasteiger partial charge in [0.2, 0.25) is 0 Å². The molecule has 3 aliphatic carbocycles. The molecule has 0 spiro atoms. The molecule has 5 atom stereocenters. The lowest BCUT2D eigenvalue weighted by atomic mass is 9.60. The summed E-state index contributed by atoms with van der Waals surface area (Å²) in [5.74, 6) is 3.12. The van der Waals surface area contributed by atoms with Crippen molar-refractivity contribution in [2.24, 2.45) is 29.1 Å². The summed E-state index contributed by atoms with van der Waals surface area (Å²) in [5, 5.41) is 0. The van der Waals surface area contributed by atoms with Crippen LogP contribution in [0.3, 0.4) is 0 Å². The molecule has 0 bridgehead atoms. The summed E-state index contributed by atoms with van der Waals surface area (Å²) < 4.78 is 5.49. The predicted molar refractivity (Wildman–Crippen MR) is 151 cm³/mol. The number of carbonyl (C=O) groups excluding carboxylic acids is 1. The molecule has 2 unspecified atom stereocenters. The van der Waals surface area contributed by atoms with Gasteiger partial charge in [0, 0.05) is 13.3 Å². The van der Waals surface area contributed by atoms with Gasteiger partial charge in [0.05, 0.1) is 0 Å². The topological polar surface area (TPSA) is 26.3 Å². The molecule has 0 radical (unpaired) electrons. The zero-order valence-electron chi connectivity index (χ0n) is 24.3. The van der Waals surface area contributed by atoms with Crippen LogP contribution in [0.25, 0.3) is 0 Å². The van der Waals surface area contributed by atoms with E-state index in [1.807, 2.05) is 0 Å². The molecule has 0 amide bonds. The first-order valence-corrected chi connectivity index (χ1v) is 14.9. The van der Waals surface area contributed by atoms with Gasteiger partial charge in [-0.25, -0.2) is 0 Å². The van der Waals surface area contributed by atoms with Crippen LogP contribution in [0.15, 0.2) is 35.5 Å². The second-order valence-electron chi connectivity index (χ2n) is 12.4. The molecular formula is C33H56O2. The Labute approximate surface area is 218 Å². The van der Waals surface area contributed by atoms with E-state index in [1.54, 1.807) is 5.57 Å². The van der Waals surface area contributed by atoms with Crippen LogP contribution in [-0.2, 0) is 9.53 Å². The first-order valence-electron chi connectivity index (χ1n) is 14.9. The van der Waals surface area contributed by atoms with Crippen molar-refractivity contribution in [3.63, 3.8) is 0 Å². The van der Waals surface area contributed by atoms with Gasteiger partial charge in [-0.1, -0.05) is 104 Å². The number of carbonyl (C=O) groups is 1. The number of hydrogen-bond donors (Lipinski definition) is 0. The fourth-order valence-corrected chi connectivity index (χ4v) is 6.98. The van der Waals surface area contributed by atoms with Crippen LogP contribution in [-0.4, -0.2) is 12.1 Å². The Balaban J connectivity index is 0.00000100. The molecule has 0 aromatic heterocycles. The molecule has 3 fully saturated rings. The Morgan fingerprint density at radius 3 is 2.43 bits per heavy atom. The van der Waals surface area contributed by atoms with Crippen LogP contribution >= 0.6 is 0 Å². The number of unbranched alkanes of at least 4 members (excludes halogenated alkanes) is 1. The molecule has 2 heteroatoms.